The summed E-state index contributed by atoms with van der Waals surface area (Å²) in [7, 11) is 0. The molecular formula is C27H17ClN2O. The summed E-state index contributed by atoms with van der Waals surface area (Å²) in [5, 5.41) is 11.7. The molecule has 0 saturated carbocycles. The molecule has 0 saturated heterocycles. The number of pyridine rings is 1. The molecule has 0 aliphatic rings. The molecular weight excluding hydrogens is 404 g/mol. The number of aromatic nitrogens is 1. The predicted molar refractivity (Wildman–Crippen MR) is 125 cm³/mol. The Balaban J connectivity index is 1.94. The maximum atomic E-state index is 13.7. The van der Waals surface area contributed by atoms with Crippen LogP contribution < -0.4 is 0 Å². The third kappa shape index (κ3) is 3.09. The van der Waals surface area contributed by atoms with E-state index in [1.807, 2.05) is 72.0 Å². The summed E-state index contributed by atoms with van der Waals surface area (Å²) in [5.41, 5.74) is 5.68. The van der Waals surface area contributed by atoms with Gasteiger partial charge < -0.3 is 4.40 Å². The van der Waals surface area contributed by atoms with E-state index in [0.717, 1.165) is 27.7 Å². The zero-order valence-electron chi connectivity index (χ0n) is 16.8. The number of carbonyl (C=O) groups is 1. The Morgan fingerprint density at radius 3 is 2.29 bits per heavy atom. The van der Waals surface area contributed by atoms with Gasteiger partial charge >= 0.3 is 0 Å². The topological polar surface area (TPSA) is 45.3 Å². The summed E-state index contributed by atoms with van der Waals surface area (Å²) in [6.45, 7) is 2.02. The first-order valence-electron chi connectivity index (χ1n) is 9.92. The minimum Gasteiger partial charge on any atom is -0.307 e. The van der Waals surface area contributed by atoms with Crippen LogP contribution in [0, 0.1) is 18.3 Å². The fraction of sp³-hybridized carbons (Fsp3) is 0.0370. The highest BCUT2D eigenvalue weighted by molar-refractivity contribution is 6.30. The molecule has 5 rings (SSSR count). The van der Waals surface area contributed by atoms with Crippen molar-refractivity contribution in [1.29, 1.82) is 5.26 Å². The molecule has 31 heavy (non-hydrogen) atoms. The number of carbonyl (C=O) groups excluding carboxylic acids is 1. The Kier molecular flexibility index (Phi) is 4.58. The van der Waals surface area contributed by atoms with Crippen LogP contribution in [-0.2, 0) is 0 Å². The molecule has 0 unspecified atom stereocenters. The first-order chi connectivity index (χ1) is 15.1. The molecule has 0 spiro atoms. The number of nitriles is 1. The lowest BCUT2D eigenvalue weighted by Gasteiger charge is -2.10. The number of hydrogen-bond donors (Lipinski definition) is 0. The van der Waals surface area contributed by atoms with Crippen molar-refractivity contribution in [2.24, 2.45) is 0 Å². The number of benzene rings is 3. The van der Waals surface area contributed by atoms with Gasteiger partial charge in [-0.3, -0.25) is 4.79 Å². The van der Waals surface area contributed by atoms with Gasteiger partial charge in [-0.2, -0.15) is 5.26 Å². The van der Waals surface area contributed by atoms with Crippen molar-refractivity contribution in [1.82, 2.24) is 4.40 Å². The Bertz CT molecular complexity index is 1500. The fourth-order valence-electron chi connectivity index (χ4n) is 4.06. The molecule has 2 aromatic heterocycles. The molecule has 0 bridgehead atoms. The number of aryl methyl sites for hydroxylation is 1. The third-order valence-electron chi connectivity index (χ3n) is 5.58. The van der Waals surface area contributed by atoms with Crippen LogP contribution in [0.15, 0.2) is 84.9 Å². The monoisotopic (exact) mass is 420 g/mol. The second-order valence-corrected chi connectivity index (χ2v) is 7.96. The van der Waals surface area contributed by atoms with Crippen LogP contribution >= 0.6 is 11.6 Å². The normalized spacial score (nSPS) is 11.0. The van der Waals surface area contributed by atoms with E-state index in [0.29, 0.717) is 27.2 Å². The molecule has 0 N–H and O–H groups in total. The van der Waals surface area contributed by atoms with E-state index in [4.69, 9.17) is 11.6 Å². The number of hydrogen-bond acceptors (Lipinski definition) is 2. The summed E-state index contributed by atoms with van der Waals surface area (Å²) in [6.07, 6.45) is 0. The Morgan fingerprint density at radius 1 is 0.871 bits per heavy atom. The van der Waals surface area contributed by atoms with E-state index in [1.54, 1.807) is 24.3 Å². The highest BCUT2D eigenvalue weighted by atomic mass is 35.5. The van der Waals surface area contributed by atoms with Crippen molar-refractivity contribution in [3.05, 3.63) is 112 Å². The van der Waals surface area contributed by atoms with Gasteiger partial charge in [-0.05, 0) is 54.3 Å². The van der Waals surface area contributed by atoms with Crippen molar-refractivity contribution >= 4 is 33.8 Å². The van der Waals surface area contributed by atoms with Crippen LogP contribution in [-0.4, -0.2) is 10.2 Å². The molecule has 4 heteroatoms. The van der Waals surface area contributed by atoms with Gasteiger partial charge in [0.15, 0.2) is 5.78 Å². The average Bonchev–Trinajstić information content (AvgIpc) is 3.14. The molecule has 148 valence electrons. The lowest BCUT2D eigenvalue weighted by molar-refractivity contribution is 0.103. The van der Waals surface area contributed by atoms with E-state index in [1.165, 1.54) is 0 Å². The van der Waals surface area contributed by atoms with Crippen LogP contribution in [0.25, 0.3) is 27.7 Å². The second-order valence-electron chi connectivity index (χ2n) is 7.53. The van der Waals surface area contributed by atoms with Gasteiger partial charge in [-0.25, -0.2) is 0 Å². The number of halogens is 1. The average molecular weight is 421 g/mol. The maximum absolute atomic E-state index is 13.7. The van der Waals surface area contributed by atoms with Crippen molar-refractivity contribution in [3.8, 4) is 17.3 Å². The molecule has 5 aromatic rings. The Morgan fingerprint density at radius 2 is 1.58 bits per heavy atom. The van der Waals surface area contributed by atoms with E-state index in [-0.39, 0.29) is 5.78 Å². The van der Waals surface area contributed by atoms with Gasteiger partial charge in [-0.1, -0.05) is 65.7 Å². The molecule has 0 radical (unpaired) electrons. The van der Waals surface area contributed by atoms with Gasteiger partial charge in [-0.15, -0.1) is 0 Å². The minimum atomic E-state index is -0.198. The molecule has 0 aliphatic carbocycles. The molecule has 0 fully saturated rings. The molecule has 2 heterocycles. The van der Waals surface area contributed by atoms with Crippen molar-refractivity contribution in [2.45, 2.75) is 6.92 Å². The third-order valence-corrected chi connectivity index (χ3v) is 5.83. The predicted octanol–water partition coefficient (Wildman–Crippen LogP) is 6.82. The Labute approximate surface area is 184 Å². The van der Waals surface area contributed by atoms with Gasteiger partial charge in [0.05, 0.1) is 27.9 Å². The highest BCUT2D eigenvalue weighted by Crippen LogP contribution is 2.36. The van der Waals surface area contributed by atoms with Crippen molar-refractivity contribution in [2.75, 3.05) is 0 Å². The highest BCUT2D eigenvalue weighted by Gasteiger charge is 2.26. The van der Waals surface area contributed by atoms with Crippen molar-refractivity contribution in [3.63, 3.8) is 0 Å². The zero-order valence-corrected chi connectivity index (χ0v) is 17.5. The van der Waals surface area contributed by atoms with E-state index >= 15 is 0 Å². The first kappa shape index (κ1) is 19.1. The van der Waals surface area contributed by atoms with Crippen LogP contribution in [0.5, 0.6) is 0 Å². The lowest BCUT2D eigenvalue weighted by Crippen LogP contribution is -2.04. The lowest BCUT2D eigenvalue weighted by atomic mass is 9.96. The molecule has 3 aromatic carbocycles. The summed E-state index contributed by atoms with van der Waals surface area (Å²) in [4.78, 5) is 13.7. The molecule has 0 aliphatic heterocycles. The van der Waals surface area contributed by atoms with E-state index in [2.05, 4.69) is 6.07 Å². The largest absolute Gasteiger partial charge is 0.307 e. The maximum Gasteiger partial charge on any atom is 0.196 e. The van der Waals surface area contributed by atoms with Gasteiger partial charge in [0.25, 0.3) is 0 Å². The molecule has 0 atom stereocenters. The SMILES string of the molecule is Cc1ccc(-c2c(C(=O)c3ccc(Cl)cc3)c(C#N)c3ccc4ccccc4n23)cc1. The molecule has 0 amide bonds. The van der Waals surface area contributed by atoms with E-state index in [9.17, 15) is 10.1 Å². The second kappa shape index (κ2) is 7.43. The van der Waals surface area contributed by atoms with Crippen molar-refractivity contribution < 1.29 is 4.79 Å². The minimum absolute atomic E-state index is 0.198. The Hall–Kier alpha value is -3.87. The van der Waals surface area contributed by atoms with Crippen LogP contribution in [0.2, 0.25) is 5.02 Å². The van der Waals surface area contributed by atoms with Crippen LogP contribution in [0.1, 0.15) is 27.0 Å². The number of fused-ring (bicyclic) bond motifs is 3. The number of nitrogens with zero attached hydrogens (tertiary/aromatic N) is 2. The van der Waals surface area contributed by atoms with Gasteiger partial charge in [0.1, 0.15) is 6.07 Å². The van der Waals surface area contributed by atoms with Crippen LogP contribution in [0.3, 0.4) is 0 Å². The quantitative estimate of drug-likeness (QED) is 0.300. The molecule has 3 nitrogen and oxygen atoms in total. The van der Waals surface area contributed by atoms with Gasteiger partial charge in [0.2, 0.25) is 0 Å². The zero-order chi connectivity index (χ0) is 21.5. The number of rotatable bonds is 3. The smallest absolute Gasteiger partial charge is 0.196 e. The number of para-hydroxylation sites is 1. The fourth-order valence-corrected chi connectivity index (χ4v) is 4.19. The number of ketones is 1. The summed E-state index contributed by atoms with van der Waals surface area (Å²) >= 11 is 6.02. The van der Waals surface area contributed by atoms with E-state index < -0.39 is 0 Å². The summed E-state index contributed by atoms with van der Waals surface area (Å²) < 4.78 is 2.03. The standard InChI is InChI=1S/C27H17ClN2O/c1-17-6-8-19(9-7-17)26-25(27(31)20-10-13-21(28)14-11-20)22(16-29)24-15-12-18-4-2-3-5-23(18)30(24)26/h2-15H,1H3. The van der Waals surface area contributed by atoms with Crippen LogP contribution in [0.4, 0.5) is 0 Å². The summed E-state index contributed by atoms with van der Waals surface area (Å²) in [6, 6.07) is 29.0. The van der Waals surface area contributed by atoms with Gasteiger partial charge in [0, 0.05) is 10.6 Å². The first-order valence-corrected chi connectivity index (χ1v) is 10.3. The summed E-state index contributed by atoms with van der Waals surface area (Å²) in [5.74, 6) is -0.198.